The van der Waals surface area contributed by atoms with E-state index < -0.39 is 0 Å². The maximum absolute atomic E-state index is 5.92. The summed E-state index contributed by atoms with van der Waals surface area (Å²) in [5, 5.41) is 4.59. The Hall–Kier alpha value is -0.770. The number of nitrogens with zero attached hydrogens (tertiary/aromatic N) is 2. The Labute approximate surface area is 114 Å². The highest BCUT2D eigenvalue weighted by Crippen LogP contribution is 2.24. The molecule has 0 radical (unpaired) electrons. The van der Waals surface area contributed by atoms with E-state index in [1.807, 2.05) is 6.07 Å². The van der Waals surface area contributed by atoms with Crippen LogP contribution in [0.5, 0.6) is 0 Å². The van der Waals surface area contributed by atoms with Gasteiger partial charge in [0, 0.05) is 6.42 Å². The molecule has 1 aromatic heterocycles. The summed E-state index contributed by atoms with van der Waals surface area (Å²) in [5.41, 5.74) is 0.967. The molecule has 3 nitrogen and oxygen atoms in total. The van der Waals surface area contributed by atoms with Gasteiger partial charge >= 0.3 is 0 Å². The van der Waals surface area contributed by atoms with Crippen LogP contribution in [-0.4, -0.2) is 10.1 Å². The lowest BCUT2D eigenvalue weighted by atomic mass is 10.1. The fraction of sp³-hybridized carbons (Fsp3) is 0.273. The molecule has 1 aromatic carbocycles. The van der Waals surface area contributed by atoms with Crippen LogP contribution in [0, 0.1) is 0 Å². The first-order chi connectivity index (χ1) is 8.06. The molecule has 0 saturated heterocycles. The molecule has 0 aliphatic heterocycles. The zero-order chi connectivity index (χ0) is 12.4. The summed E-state index contributed by atoms with van der Waals surface area (Å²) in [6.07, 6.45) is 0.532. The maximum atomic E-state index is 5.92. The number of alkyl halides is 1. The van der Waals surface area contributed by atoms with E-state index in [0.29, 0.717) is 28.2 Å². The number of rotatable bonds is 3. The van der Waals surface area contributed by atoms with Crippen molar-refractivity contribution in [2.75, 3.05) is 0 Å². The second kappa shape index (κ2) is 5.25. The Morgan fingerprint density at radius 1 is 1.29 bits per heavy atom. The molecule has 6 heteroatoms. The average molecular weight is 292 g/mol. The smallest absolute Gasteiger partial charge is 0.244 e. The maximum Gasteiger partial charge on any atom is 0.244 e. The van der Waals surface area contributed by atoms with Gasteiger partial charge in [-0.1, -0.05) is 34.4 Å². The number of benzene rings is 1. The predicted molar refractivity (Wildman–Crippen MR) is 67.8 cm³/mol. The molecular formula is C11H9Cl3N2O. The fourth-order valence-corrected chi connectivity index (χ4v) is 1.74. The molecule has 0 aliphatic rings. The van der Waals surface area contributed by atoms with Gasteiger partial charge in [0.25, 0.3) is 0 Å². The third-order valence-electron chi connectivity index (χ3n) is 2.17. The molecule has 0 bridgehead atoms. The number of halogens is 3. The monoisotopic (exact) mass is 290 g/mol. The molecule has 1 unspecified atom stereocenters. The van der Waals surface area contributed by atoms with E-state index in [0.717, 1.165) is 5.56 Å². The normalized spacial score (nSPS) is 12.7. The Kier molecular flexibility index (Phi) is 3.92. The summed E-state index contributed by atoms with van der Waals surface area (Å²) in [7, 11) is 0. The van der Waals surface area contributed by atoms with Crippen molar-refractivity contribution in [1.29, 1.82) is 0 Å². The summed E-state index contributed by atoms with van der Waals surface area (Å²) in [6, 6.07) is 5.39. The van der Waals surface area contributed by atoms with Crippen molar-refractivity contribution in [3.63, 3.8) is 0 Å². The summed E-state index contributed by atoms with van der Waals surface area (Å²) in [5.74, 6) is 0.993. The lowest BCUT2D eigenvalue weighted by Crippen LogP contribution is -1.92. The molecule has 0 fully saturated rings. The molecule has 90 valence electrons. The van der Waals surface area contributed by atoms with Crippen LogP contribution in [0.1, 0.15) is 29.6 Å². The second-order valence-electron chi connectivity index (χ2n) is 3.59. The van der Waals surface area contributed by atoms with Gasteiger partial charge < -0.3 is 4.52 Å². The number of hydrogen-bond donors (Lipinski definition) is 0. The van der Waals surface area contributed by atoms with E-state index in [2.05, 4.69) is 10.1 Å². The van der Waals surface area contributed by atoms with Gasteiger partial charge in [0.15, 0.2) is 5.82 Å². The first-order valence-corrected chi connectivity index (χ1v) is 6.16. The van der Waals surface area contributed by atoms with E-state index in [4.69, 9.17) is 39.3 Å². The molecule has 17 heavy (non-hydrogen) atoms. The lowest BCUT2D eigenvalue weighted by Gasteiger charge is -1.99. The Bertz CT molecular complexity index is 525. The van der Waals surface area contributed by atoms with Gasteiger partial charge in [-0.2, -0.15) is 4.98 Å². The van der Waals surface area contributed by atoms with Crippen LogP contribution in [0.3, 0.4) is 0 Å². The molecule has 0 aliphatic carbocycles. The topological polar surface area (TPSA) is 38.9 Å². The van der Waals surface area contributed by atoms with Gasteiger partial charge in [0.2, 0.25) is 5.89 Å². The molecule has 2 rings (SSSR count). The van der Waals surface area contributed by atoms with Gasteiger partial charge in [-0.3, -0.25) is 0 Å². The summed E-state index contributed by atoms with van der Waals surface area (Å²) in [6.45, 7) is 1.78. The quantitative estimate of drug-likeness (QED) is 0.793. The lowest BCUT2D eigenvalue weighted by molar-refractivity contribution is 0.374. The van der Waals surface area contributed by atoms with Gasteiger partial charge in [0.05, 0.1) is 10.0 Å². The molecule has 1 heterocycles. The summed E-state index contributed by atoms with van der Waals surface area (Å²) < 4.78 is 5.00. The number of hydrogen-bond acceptors (Lipinski definition) is 3. The molecule has 1 atom stereocenters. The number of aromatic nitrogens is 2. The van der Waals surface area contributed by atoms with Crippen molar-refractivity contribution in [2.45, 2.75) is 18.7 Å². The van der Waals surface area contributed by atoms with Crippen molar-refractivity contribution in [3.8, 4) is 0 Å². The minimum atomic E-state index is -0.287. The summed E-state index contributed by atoms with van der Waals surface area (Å²) >= 11 is 17.6. The van der Waals surface area contributed by atoms with Crippen LogP contribution in [0.25, 0.3) is 0 Å². The third-order valence-corrected chi connectivity index (χ3v) is 3.10. The van der Waals surface area contributed by atoms with Crippen molar-refractivity contribution >= 4 is 34.8 Å². The standard InChI is InChI=1S/C11H9Cl3N2O/c1-6(12)11-15-10(16-17-11)5-7-2-3-8(13)9(14)4-7/h2-4,6H,5H2,1H3. The highest BCUT2D eigenvalue weighted by molar-refractivity contribution is 6.42. The largest absolute Gasteiger partial charge is 0.338 e. The molecule has 0 amide bonds. The minimum Gasteiger partial charge on any atom is -0.338 e. The molecular weight excluding hydrogens is 282 g/mol. The van der Waals surface area contributed by atoms with E-state index in [9.17, 15) is 0 Å². The van der Waals surface area contributed by atoms with Crippen LogP contribution < -0.4 is 0 Å². The van der Waals surface area contributed by atoms with Crippen molar-refractivity contribution < 1.29 is 4.52 Å². The Morgan fingerprint density at radius 3 is 2.65 bits per heavy atom. The van der Waals surface area contributed by atoms with Gasteiger partial charge in [-0.05, 0) is 24.6 Å². The molecule has 0 spiro atoms. The van der Waals surface area contributed by atoms with E-state index in [1.165, 1.54) is 0 Å². The zero-order valence-electron chi connectivity index (χ0n) is 8.95. The summed E-state index contributed by atoms with van der Waals surface area (Å²) in [4.78, 5) is 4.17. The van der Waals surface area contributed by atoms with Crippen molar-refractivity contribution in [1.82, 2.24) is 10.1 Å². The van der Waals surface area contributed by atoms with Gasteiger partial charge in [0.1, 0.15) is 5.38 Å². The highest BCUT2D eigenvalue weighted by atomic mass is 35.5. The third kappa shape index (κ3) is 3.12. The van der Waals surface area contributed by atoms with Crippen molar-refractivity contribution in [2.24, 2.45) is 0 Å². The van der Waals surface area contributed by atoms with E-state index >= 15 is 0 Å². The zero-order valence-corrected chi connectivity index (χ0v) is 11.2. The first kappa shape index (κ1) is 12.7. The van der Waals surface area contributed by atoms with Gasteiger partial charge in [-0.15, -0.1) is 11.6 Å². The minimum absolute atomic E-state index is 0.287. The Balaban J connectivity index is 2.16. The molecule has 0 N–H and O–H groups in total. The van der Waals surface area contributed by atoms with E-state index in [-0.39, 0.29) is 5.38 Å². The second-order valence-corrected chi connectivity index (χ2v) is 5.06. The molecule has 0 saturated carbocycles. The average Bonchev–Trinajstić information content (AvgIpc) is 2.72. The van der Waals surface area contributed by atoms with Gasteiger partial charge in [-0.25, -0.2) is 0 Å². The van der Waals surface area contributed by atoms with Crippen LogP contribution in [0.4, 0.5) is 0 Å². The molecule has 2 aromatic rings. The SMILES string of the molecule is CC(Cl)c1nc(Cc2ccc(Cl)c(Cl)c2)no1. The first-order valence-electron chi connectivity index (χ1n) is 4.96. The van der Waals surface area contributed by atoms with Crippen molar-refractivity contribution in [3.05, 3.63) is 45.5 Å². The van der Waals surface area contributed by atoms with E-state index in [1.54, 1.807) is 19.1 Å². The Morgan fingerprint density at radius 2 is 2.06 bits per heavy atom. The van der Waals surface area contributed by atoms with Crippen LogP contribution in [0.2, 0.25) is 10.0 Å². The van der Waals surface area contributed by atoms with Crippen LogP contribution in [-0.2, 0) is 6.42 Å². The van der Waals surface area contributed by atoms with Crippen LogP contribution >= 0.6 is 34.8 Å². The van der Waals surface area contributed by atoms with Crippen LogP contribution in [0.15, 0.2) is 22.7 Å². The fourth-order valence-electron chi connectivity index (χ4n) is 1.33. The predicted octanol–water partition coefficient (Wildman–Crippen LogP) is 4.27. The highest BCUT2D eigenvalue weighted by Gasteiger charge is 2.12.